The van der Waals surface area contributed by atoms with Gasteiger partial charge in [0.1, 0.15) is 5.75 Å². The van der Waals surface area contributed by atoms with Crippen LogP contribution in [-0.4, -0.2) is 29.3 Å². The Morgan fingerprint density at radius 3 is 2.33 bits per heavy atom. The van der Waals surface area contributed by atoms with E-state index in [9.17, 15) is 9.90 Å². The second-order valence-corrected chi connectivity index (χ2v) is 7.53. The van der Waals surface area contributed by atoms with Crippen LogP contribution < -0.4 is 10.1 Å². The number of carboxylic acids is 1. The average molecular weight is 407 g/mol. The van der Waals surface area contributed by atoms with Gasteiger partial charge in [-0.25, -0.2) is 4.79 Å². The van der Waals surface area contributed by atoms with Crippen molar-refractivity contribution in [2.24, 2.45) is 0 Å². The van der Waals surface area contributed by atoms with Crippen molar-refractivity contribution in [3.05, 3.63) is 88.2 Å². The molecule has 0 saturated heterocycles. The summed E-state index contributed by atoms with van der Waals surface area (Å²) in [4.78, 5) is 12.0. The van der Waals surface area contributed by atoms with E-state index in [0.29, 0.717) is 18.7 Å². The average Bonchev–Trinajstić information content (AvgIpc) is 2.99. The zero-order chi connectivity index (χ0) is 21.5. The van der Waals surface area contributed by atoms with Gasteiger partial charge in [0, 0.05) is 30.0 Å². The normalized spacial score (nSPS) is 10.9. The van der Waals surface area contributed by atoms with Crippen LogP contribution in [0.2, 0.25) is 0 Å². The van der Waals surface area contributed by atoms with Crippen LogP contribution in [0.15, 0.2) is 54.6 Å². The fraction of sp³-hybridized carbons (Fsp3) is 0.320. The summed E-state index contributed by atoms with van der Waals surface area (Å²) < 4.78 is 7.31. The van der Waals surface area contributed by atoms with Crippen molar-refractivity contribution in [2.75, 3.05) is 13.7 Å². The Morgan fingerprint density at radius 1 is 1.00 bits per heavy atom. The summed E-state index contributed by atoms with van der Waals surface area (Å²) in [5.41, 5.74) is 5.50. The summed E-state index contributed by atoms with van der Waals surface area (Å²) in [6, 6.07) is 18.3. The van der Waals surface area contributed by atoms with Crippen molar-refractivity contribution < 1.29 is 14.6 Å². The lowest BCUT2D eigenvalue weighted by Gasteiger charge is -2.11. The van der Waals surface area contributed by atoms with Gasteiger partial charge in [-0.3, -0.25) is 0 Å². The van der Waals surface area contributed by atoms with E-state index in [1.165, 1.54) is 5.56 Å². The number of hydrogen-bond acceptors (Lipinski definition) is 3. The SMILES string of the molecule is COc1ccc(Cn2c(C)c(CNCCCc3ccccc3)c(C(=O)O)c2C)cc1. The van der Waals surface area contributed by atoms with E-state index in [1.807, 2.05) is 44.2 Å². The molecule has 1 heterocycles. The van der Waals surface area contributed by atoms with Crippen molar-refractivity contribution in [1.82, 2.24) is 9.88 Å². The number of carboxylic acid groups (broad SMARTS) is 1. The van der Waals surface area contributed by atoms with Gasteiger partial charge in [-0.2, -0.15) is 0 Å². The van der Waals surface area contributed by atoms with Crippen molar-refractivity contribution in [3.8, 4) is 5.75 Å². The summed E-state index contributed by atoms with van der Waals surface area (Å²) >= 11 is 0. The maximum Gasteiger partial charge on any atom is 0.337 e. The molecule has 1 aromatic heterocycles. The van der Waals surface area contributed by atoms with Gasteiger partial charge in [-0.1, -0.05) is 42.5 Å². The molecule has 0 aliphatic heterocycles. The van der Waals surface area contributed by atoms with Crippen LogP contribution in [0.5, 0.6) is 5.75 Å². The second kappa shape index (κ2) is 10.1. The molecule has 0 saturated carbocycles. The van der Waals surface area contributed by atoms with Crippen LogP contribution in [0.3, 0.4) is 0 Å². The lowest BCUT2D eigenvalue weighted by Crippen LogP contribution is -2.17. The first-order valence-electron chi connectivity index (χ1n) is 10.3. The molecule has 0 spiro atoms. The van der Waals surface area contributed by atoms with Crippen molar-refractivity contribution in [3.63, 3.8) is 0 Å². The number of aryl methyl sites for hydroxylation is 1. The van der Waals surface area contributed by atoms with Crippen molar-refractivity contribution in [1.29, 1.82) is 0 Å². The maximum absolute atomic E-state index is 12.0. The standard InChI is InChI=1S/C25H30N2O3/c1-18-23(16-26-15-7-10-20-8-5-4-6-9-20)24(25(28)29)19(2)27(18)17-21-11-13-22(30-3)14-12-21/h4-6,8-9,11-14,26H,7,10,15-17H2,1-3H3,(H,28,29). The van der Waals surface area contributed by atoms with E-state index in [0.717, 1.165) is 47.7 Å². The summed E-state index contributed by atoms with van der Waals surface area (Å²) in [5, 5.41) is 13.2. The number of aromatic nitrogens is 1. The van der Waals surface area contributed by atoms with Gasteiger partial charge >= 0.3 is 5.97 Å². The molecule has 2 N–H and O–H groups in total. The van der Waals surface area contributed by atoms with E-state index in [-0.39, 0.29) is 0 Å². The molecule has 0 fully saturated rings. The molecule has 0 atom stereocenters. The lowest BCUT2D eigenvalue weighted by atomic mass is 10.1. The Hall–Kier alpha value is -3.05. The first kappa shape index (κ1) is 21.7. The predicted octanol–water partition coefficient (Wildman–Crippen LogP) is 4.58. The topological polar surface area (TPSA) is 63.5 Å². The van der Waals surface area contributed by atoms with Gasteiger partial charge in [0.05, 0.1) is 12.7 Å². The molecule has 0 aliphatic carbocycles. The van der Waals surface area contributed by atoms with E-state index < -0.39 is 5.97 Å². The summed E-state index contributed by atoms with van der Waals surface area (Å²) in [6.45, 7) is 5.92. The highest BCUT2D eigenvalue weighted by Gasteiger charge is 2.22. The van der Waals surface area contributed by atoms with E-state index in [4.69, 9.17) is 4.74 Å². The van der Waals surface area contributed by atoms with Gasteiger partial charge in [0.15, 0.2) is 0 Å². The molecule has 30 heavy (non-hydrogen) atoms. The number of benzene rings is 2. The molecule has 0 unspecified atom stereocenters. The highest BCUT2D eigenvalue weighted by Crippen LogP contribution is 2.24. The lowest BCUT2D eigenvalue weighted by molar-refractivity contribution is 0.0694. The molecule has 2 aromatic carbocycles. The first-order chi connectivity index (χ1) is 14.5. The fourth-order valence-corrected chi connectivity index (χ4v) is 3.88. The minimum atomic E-state index is -0.870. The molecule has 5 heteroatoms. The van der Waals surface area contributed by atoms with Gasteiger partial charge in [-0.15, -0.1) is 0 Å². The van der Waals surface area contributed by atoms with Crippen molar-refractivity contribution in [2.45, 2.75) is 39.8 Å². The third-order valence-electron chi connectivity index (χ3n) is 5.59. The minimum Gasteiger partial charge on any atom is -0.497 e. The monoisotopic (exact) mass is 406 g/mol. The Bertz CT molecular complexity index is 976. The summed E-state index contributed by atoms with van der Waals surface area (Å²) in [5.74, 6) is -0.0588. The Kier molecular flexibility index (Phi) is 7.31. The smallest absolute Gasteiger partial charge is 0.337 e. The Morgan fingerprint density at radius 2 is 1.70 bits per heavy atom. The van der Waals surface area contributed by atoms with Crippen LogP contribution in [0.4, 0.5) is 0 Å². The maximum atomic E-state index is 12.0. The predicted molar refractivity (Wildman–Crippen MR) is 119 cm³/mol. The number of nitrogens with one attached hydrogen (secondary N) is 1. The van der Waals surface area contributed by atoms with Crippen LogP contribution in [-0.2, 0) is 19.5 Å². The molecule has 0 aliphatic rings. The van der Waals surface area contributed by atoms with Crippen LogP contribution in [0.1, 0.15) is 44.9 Å². The number of nitrogens with zero attached hydrogens (tertiary/aromatic N) is 1. The fourth-order valence-electron chi connectivity index (χ4n) is 3.88. The molecular formula is C25H30N2O3. The molecule has 5 nitrogen and oxygen atoms in total. The number of ether oxygens (including phenoxy) is 1. The van der Waals surface area contributed by atoms with E-state index in [1.54, 1.807) is 7.11 Å². The van der Waals surface area contributed by atoms with Crippen LogP contribution in [0.25, 0.3) is 0 Å². The molecule has 0 radical (unpaired) electrons. The van der Waals surface area contributed by atoms with E-state index in [2.05, 4.69) is 34.1 Å². The molecule has 3 rings (SSSR count). The van der Waals surface area contributed by atoms with Crippen LogP contribution >= 0.6 is 0 Å². The largest absolute Gasteiger partial charge is 0.497 e. The Labute approximate surface area is 178 Å². The third-order valence-corrected chi connectivity index (χ3v) is 5.59. The molecule has 3 aromatic rings. The van der Waals surface area contributed by atoms with Gasteiger partial charge in [0.25, 0.3) is 0 Å². The van der Waals surface area contributed by atoms with Gasteiger partial charge in [0.2, 0.25) is 0 Å². The van der Waals surface area contributed by atoms with Gasteiger partial charge < -0.3 is 19.7 Å². The molecule has 0 bridgehead atoms. The number of methoxy groups -OCH3 is 1. The zero-order valence-electron chi connectivity index (χ0n) is 17.9. The number of hydrogen-bond donors (Lipinski definition) is 2. The quantitative estimate of drug-likeness (QED) is 0.484. The third kappa shape index (κ3) is 5.10. The molecular weight excluding hydrogens is 376 g/mol. The highest BCUT2D eigenvalue weighted by atomic mass is 16.5. The molecule has 158 valence electrons. The Balaban J connectivity index is 1.68. The van der Waals surface area contributed by atoms with Crippen LogP contribution in [0, 0.1) is 13.8 Å². The number of rotatable bonds is 10. The summed E-state index contributed by atoms with van der Waals surface area (Å²) in [6.07, 6.45) is 2.02. The first-order valence-corrected chi connectivity index (χ1v) is 10.3. The zero-order valence-corrected chi connectivity index (χ0v) is 17.9. The second-order valence-electron chi connectivity index (χ2n) is 7.53. The van der Waals surface area contributed by atoms with Crippen molar-refractivity contribution >= 4 is 5.97 Å². The molecule has 0 amide bonds. The minimum absolute atomic E-state index is 0.413. The number of carbonyl (C=O) groups is 1. The summed E-state index contributed by atoms with van der Waals surface area (Å²) in [7, 11) is 1.65. The van der Waals surface area contributed by atoms with E-state index >= 15 is 0 Å². The van der Waals surface area contributed by atoms with Gasteiger partial charge in [-0.05, 0) is 56.5 Å². The number of aromatic carboxylic acids is 1. The highest BCUT2D eigenvalue weighted by molar-refractivity contribution is 5.91.